The molecule has 2 unspecified atom stereocenters. The summed E-state index contributed by atoms with van der Waals surface area (Å²) in [4.78, 5) is 14.7. The molecule has 1 amide bonds. The molecule has 1 aromatic carbocycles. The lowest BCUT2D eigenvalue weighted by Crippen LogP contribution is -2.52. The minimum absolute atomic E-state index is 0.00944. The fourth-order valence-corrected chi connectivity index (χ4v) is 5.37. The van der Waals surface area contributed by atoms with Crippen molar-refractivity contribution in [3.05, 3.63) is 29.8 Å². The van der Waals surface area contributed by atoms with E-state index in [1.54, 1.807) is 12.1 Å². The van der Waals surface area contributed by atoms with Crippen LogP contribution in [-0.2, 0) is 14.8 Å². The second-order valence-electron chi connectivity index (χ2n) is 7.59. The van der Waals surface area contributed by atoms with Crippen LogP contribution in [0.1, 0.15) is 24.8 Å². The zero-order valence-corrected chi connectivity index (χ0v) is 16.7. The summed E-state index contributed by atoms with van der Waals surface area (Å²) >= 11 is 0. The van der Waals surface area contributed by atoms with Crippen molar-refractivity contribution in [3.63, 3.8) is 0 Å². The van der Waals surface area contributed by atoms with Gasteiger partial charge in [0.05, 0.1) is 11.4 Å². The lowest BCUT2D eigenvalue weighted by atomic mass is 10.0. The van der Waals surface area contributed by atoms with Crippen molar-refractivity contribution in [2.75, 3.05) is 39.3 Å². The van der Waals surface area contributed by atoms with Crippen molar-refractivity contribution >= 4 is 15.9 Å². The first kappa shape index (κ1) is 20.3. The van der Waals surface area contributed by atoms with Gasteiger partial charge < -0.3 is 11.1 Å². The number of hydrogen-bond donors (Lipinski definition) is 2. The van der Waals surface area contributed by atoms with Crippen molar-refractivity contribution in [1.29, 1.82) is 0 Å². The fraction of sp³-hybridized carbons (Fsp3) is 0.632. The summed E-state index contributed by atoms with van der Waals surface area (Å²) < 4.78 is 27.0. The highest BCUT2D eigenvalue weighted by molar-refractivity contribution is 7.89. The van der Waals surface area contributed by atoms with E-state index in [1.807, 2.05) is 24.0 Å². The Morgan fingerprint density at radius 3 is 2.44 bits per heavy atom. The van der Waals surface area contributed by atoms with Gasteiger partial charge in [-0.3, -0.25) is 9.69 Å². The Bertz CT molecular complexity index is 743. The van der Waals surface area contributed by atoms with E-state index in [-0.39, 0.29) is 11.9 Å². The Balaban J connectivity index is 1.50. The maximum atomic E-state index is 12.7. The Hall–Kier alpha value is -1.48. The van der Waals surface area contributed by atoms with Crippen LogP contribution in [0.3, 0.4) is 0 Å². The topological polar surface area (TPSA) is 95.7 Å². The summed E-state index contributed by atoms with van der Waals surface area (Å²) in [6.45, 7) is 4.78. The Labute approximate surface area is 161 Å². The van der Waals surface area contributed by atoms with Crippen LogP contribution in [0.4, 0.5) is 0 Å². The molecule has 7 nitrogen and oxygen atoms in total. The molecule has 0 aromatic heterocycles. The van der Waals surface area contributed by atoms with Crippen LogP contribution in [0.2, 0.25) is 0 Å². The highest BCUT2D eigenvalue weighted by Crippen LogP contribution is 2.24. The molecule has 1 aliphatic heterocycles. The quantitative estimate of drug-likeness (QED) is 0.734. The van der Waals surface area contributed by atoms with Gasteiger partial charge in [0.2, 0.25) is 15.9 Å². The number of sulfonamides is 1. The number of nitrogens with one attached hydrogen (secondary N) is 1. The summed E-state index contributed by atoms with van der Waals surface area (Å²) in [5.74, 6) is 0.389. The van der Waals surface area contributed by atoms with Crippen LogP contribution in [0.25, 0.3) is 0 Å². The van der Waals surface area contributed by atoms with E-state index in [2.05, 4.69) is 5.32 Å². The van der Waals surface area contributed by atoms with E-state index in [1.165, 1.54) is 4.31 Å². The van der Waals surface area contributed by atoms with E-state index in [9.17, 15) is 13.2 Å². The van der Waals surface area contributed by atoms with Crippen LogP contribution < -0.4 is 11.1 Å². The molecule has 0 spiro atoms. The maximum Gasteiger partial charge on any atom is 0.243 e. The number of nitrogens with two attached hydrogens (primary N) is 1. The van der Waals surface area contributed by atoms with E-state index < -0.39 is 10.0 Å². The van der Waals surface area contributed by atoms with Gasteiger partial charge in [-0.05, 0) is 44.4 Å². The molecule has 27 heavy (non-hydrogen) atoms. The predicted molar refractivity (Wildman–Crippen MR) is 105 cm³/mol. The number of benzene rings is 1. The van der Waals surface area contributed by atoms with Gasteiger partial charge in [-0.25, -0.2) is 8.42 Å². The van der Waals surface area contributed by atoms with Crippen LogP contribution in [0.5, 0.6) is 0 Å². The zero-order valence-electron chi connectivity index (χ0n) is 15.9. The lowest BCUT2D eigenvalue weighted by molar-refractivity contribution is -0.123. The van der Waals surface area contributed by atoms with Gasteiger partial charge in [0.1, 0.15) is 0 Å². The molecule has 8 heteroatoms. The lowest BCUT2D eigenvalue weighted by Gasteiger charge is -2.34. The molecule has 3 N–H and O–H groups in total. The summed E-state index contributed by atoms with van der Waals surface area (Å²) in [6.07, 6.45) is 3.19. The molecule has 1 aliphatic carbocycles. The molecule has 0 radical (unpaired) electrons. The third-order valence-electron chi connectivity index (χ3n) is 5.67. The number of carbonyl (C=O) groups excluding carboxylic acids is 1. The molecular weight excluding hydrogens is 364 g/mol. The third kappa shape index (κ3) is 4.87. The molecule has 1 heterocycles. The van der Waals surface area contributed by atoms with Gasteiger partial charge in [0, 0.05) is 32.2 Å². The summed E-state index contributed by atoms with van der Waals surface area (Å²) in [5, 5.41) is 3.11. The molecule has 0 bridgehead atoms. The van der Waals surface area contributed by atoms with Gasteiger partial charge in [-0.15, -0.1) is 0 Å². The van der Waals surface area contributed by atoms with Gasteiger partial charge in [0.15, 0.2) is 0 Å². The smallest absolute Gasteiger partial charge is 0.243 e. The minimum Gasteiger partial charge on any atom is -0.352 e. The Morgan fingerprint density at radius 1 is 1.15 bits per heavy atom. The monoisotopic (exact) mass is 394 g/mol. The number of piperazine rings is 1. The number of carbonyl (C=O) groups is 1. The van der Waals surface area contributed by atoms with E-state index >= 15 is 0 Å². The fourth-order valence-electron chi connectivity index (χ4n) is 3.95. The second-order valence-corrected chi connectivity index (χ2v) is 9.53. The van der Waals surface area contributed by atoms with Crippen molar-refractivity contribution in [3.8, 4) is 0 Å². The first-order valence-electron chi connectivity index (χ1n) is 9.69. The molecule has 1 saturated carbocycles. The normalized spacial score (nSPS) is 24.8. The summed E-state index contributed by atoms with van der Waals surface area (Å²) in [7, 11) is -3.47. The number of nitrogens with zero attached hydrogens (tertiary/aromatic N) is 2. The predicted octanol–water partition coefficient (Wildman–Crippen LogP) is 0.545. The van der Waals surface area contributed by atoms with Crippen LogP contribution >= 0.6 is 0 Å². The van der Waals surface area contributed by atoms with Gasteiger partial charge in [-0.2, -0.15) is 4.31 Å². The molecule has 1 saturated heterocycles. The van der Waals surface area contributed by atoms with Crippen LogP contribution in [-0.4, -0.2) is 68.8 Å². The highest BCUT2D eigenvalue weighted by Gasteiger charge is 2.30. The van der Waals surface area contributed by atoms with Gasteiger partial charge >= 0.3 is 0 Å². The first-order valence-corrected chi connectivity index (χ1v) is 11.1. The molecule has 150 valence electrons. The highest BCUT2D eigenvalue weighted by atomic mass is 32.2. The zero-order chi connectivity index (χ0) is 19.4. The molecule has 2 aliphatic rings. The summed E-state index contributed by atoms with van der Waals surface area (Å²) in [5.41, 5.74) is 6.80. The maximum absolute atomic E-state index is 12.7. The number of amides is 1. The van der Waals surface area contributed by atoms with E-state index in [0.29, 0.717) is 50.1 Å². The van der Waals surface area contributed by atoms with E-state index in [0.717, 1.165) is 24.8 Å². The standard InChI is InChI=1S/C19H30N4O3S/c1-15-5-7-17(8-6-15)27(25,26)23-11-9-22(10-12-23)14-19(24)21-18-4-2-3-16(18)13-20/h5-8,16,18H,2-4,9-14,20H2,1H3,(H,21,24). The number of hydrogen-bond acceptors (Lipinski definition) is 5. The van der Waals surface area contributed by atoms with Gasteiger partial charge in [0.25, 0.3) is 0 Å². The SMILES string of the molecule is Cc1ccc(S(=O)(=O)N2CCN(CC(=O)NC3CCCC3CN)CC2)cc1. The van der Waals surface area contributed by atoms with Crippen molar-refractivity contribution in [2.24, 2.45) is 11.7 Å². The third-order valence-corrected chi connectivity index (χ3v) is 7.58. The number of aryl methyl sites for hydroxylation is 1. The van der Waals surface area contributed by atoms with Crippen molar-refractivity contribution in [2.45, 2.75) is 37.1 Å². The Morgan fingerprint density at radius 2 is 1.81 bits per heavy atom. The molecule has 2 fully saturated rings. The van der Waals surface area contributed by atoms with Crippen LogP contribution in [0, 0.1) is 12.8 Å². The van der Waals surface area contributed by atoms with Crippen molar-refractivity contribution in [1.82, 2.24) is 14.5 Å². The molecule has 2 atom stereocenters. The first-order chi connectivity index (χ1) is 12.9. The van der Waals surface area contributed by atoms with Crippen molar-refractivity contribution < 1.29 is 13.2 Å². The van der Waals surface area contributed by atoms with E-state index in [4.69, 9.17) is 5.73 Å². The number of rotatable bonds is 6. The molecular formula is C19H30N4O3S. The second kappa shape index (κ2) is 8.68. The largest absolute Gasteiger partial charge is 0.352 e. The van der Waals surface area contributed by atoms with Gasteiger partial charge in [-0.1, -0.05) is 24.1 Å². The average molecular weight is 395 g/mol. The molecule has 3 rings (SSSR count). The minimum atomic E-state index is -3.47. The van der Waals surface area contributed by atoms with Crippen LogP contribution in [0.15, 0.2) is 29.2 Å². The molecule has 1 aromatic rings. The summed E-state index contributed by atoms with van der Waals surface area (Å²) in [6, 6.07) is 7.11. The average Bonchev–Trinajstić information content (AvgIpc) is 3.09. The Kier molecular flexibility index (Phi) is 6.52.